The summed E-state index contributed by atoms with van der Waals surface area (Å²) in [5.41, 5.74) is 2.14. The number of rotatable bonds is 4. The van der Waals surface area contributed by atoms with Gasteiger partial charge in [0.05, 0.1) is 18.9 Å². The van der Waals surface area contributed by atoms with E-state index in [1.165, 1.54) is 0 Å². The van der Waals surface area contributed by atoms with E-state index in [2.05, 4.69) is 10.00 Å². The van der Waals surface area contributed by atoms with Gasteiger partial charge in [-0.05, 0) is 20.8 Å². The van der Waals surface area contributed by atoms with Gasteiger partial charge in [-0.15, -0.1) is 0 Å². The zero-order chi connectivity index (χ0) is 14.7. The van der Waals surface area contributed by atoms with Crippen molar-refractivity contribution < 1.29 is 14.3 Å². The van der Waals surface area contributed by atoms with E-state index in [1.807, 2.05) is 27.8 Å². The fraction of sp³-hybridized carbons (Fsp3) is 0.714. The Balaban J connectivity index is 1.93. The zero-order valence-corrected chi connectivity index (χ0v) is 12.7. The first-order chi connectivity index (χ1) is 9.49. The Labute approximate surface area is 119 Å². The monoisotopic (exact) mass is 281 g/mol. The second-order valence-corrected chi connectivity index (χ2v) is 5.30. The van der Waals surface area contributed by atoms with Crippen molar-refractivity contribution in [3.8, 4) is 0 Å². The van der Waals surface area contributed by atoms with Crippen LogP contribution in [0.1, 0.15) is 28.7 Å². The van der Waals surface area contributed by atoms with Crippen molar-refractivity contribution in [3.63, 3.8) is 0 Å². The molecule has 6 nitrogen and oxygen atoms in total. The Morgan fingerprint density at radius 3 is 2.60 bits per heavy atom. The summed E-state index contributed by atoms with van der Waals surface area (Å²) in [5, 5.41) is 4.24. The highest BCUT2D eigenvalue weighted by Gasteiger charge is 2.22. The molecule has 0 saturated carbocycles. The Kier molecular flexibility index (Phi) is 4.77. The van der Waals surface area contributed by atoms with E-state index < -0.39 is 0 Å². The summed E-state index contributed by atoms with van der Waals surface area (Å²) in [7, 11) is 1.83. The standard InChI is InChI=1S/C14H23N3O3/c1-10(9-17-5-7-19-8-6-17)20-14(18)13-11(2)15-16(4)12(13)3/h10H,5-9H2,1-4H3/t10-/m0/s1. The third-order valence-corrected chi connectivity index (χ3v) is 3.64. The first kappa shape index (κ1) is 15.0. The average molecular weight is 281 g/mol. The second-order valence-electron chi connectivity index (χ2n) is 5.30. The van der Waals surface area contributed by atoms with Crippen LogP contribution in [0.3, 0.4) is 0 Å². The van der Waals surface area contributed by atoms with Crippen LogP contribution in [-0.4, -0.2) is 59.6 Å². The lowest BCUT2D eigenvalue weighted by molar-refractivity contribution is 0.000367. The minimum absolute atomic E-state index is 0.139. The normalized spacial score (nSPS) is 18.0. The molecule has 1 aromatic rings. The SMILES string of the molecule is Cc1nn(C)c(C)c1C(=O)O[C@@H](C)CN1CCOCC1. The number of nitrogens with zero attached hydrogens (tertiary/aromatic N) is 3. The van der Waals surface area contributed by atoms with Crippen LogP contribution in [0.25, 0.3) is 0 Å². The van der Waals surface area contributed by atoms with Gasteiger partial charge < -0.3 is 9.47 Å². The maximum absolute atomic E-state index is 12.2. The number of carbonyl (C=O) groups excluding carboxylic acids is 1. The van der Waals surface area contributed by atoms with Gasteiger partial charge in [-0.2, -0.15) is 5.10 Å². The topological polar surface area (TPSA) is 56.6 Å². The molecule has 2 rings (SSSR count). The van der Waals surface area contributed by atoms with Gasteiger partial charge in [0.15, 0.2) is 0 Å². The Morgan fingerprint density at radius 1 is 1.40 bits per heavy atom. The van der Waals surface area contributed by atoms with E-state index in [0.29, 0.717) is 11.3 Å². The molecule has 2 heterocycles. The van der Waals surface area contributed by atoms with Gasteiger partial charge in [0, 0.05) is 32.4 Å². The van der Waals surface area contributed by atoms with Crippen molar-refractivity contribution in [2.24, 2.45) is 7.05 Å². The molecule has 1 fully saturated rings. The van der Waals surface area contributed by atoms with Crippen molar-refractivity contribution in [1.29, 1.82) is 0 Å². The summed E-state index contributed by atoms with van der Waals surface area (Å²) in [6.45, 7) is 9.67. The van der Waals surface area contributed by atoms with Crippen LogP contribution in [0.4, 0.5) is 0 Å². The summed E-state index contributed by atoms with van der Waals surface area (Å²) in [6.07, 6.45) is -0.139. The molecule has 112 valence electrons. The number of carbonyl (C=O) groups is 1. The summed E-state index contributed by atoms with van der Waals surface area (Å²) in [6, 6.07) is 0. The molecule has 1 atom stereocenters. The molecule has 0 N–H and O–H groups in total. The second kappa shape index (κ2) is 6.37. The molecule has 1 aliphatic heterocycles. The van der Waals surface area contributed by atoms with E-state index in [0.717, 1.165) is 38.5 Å². The van der Waals surface area contributed by atoms with Crippen LogP contribution in [0.5, 0.6) is 0 Å². The van der Waals surface area contributed by atoms with Gasteiger partial charge in [-0.1, -0.05) is 0 Å². The van der Waals surface area contributed by atoms with Crippen LogP contribution in [0.2, 0.25) is 0 Å². The Bertz CT molecular complexity index is 478. The van der Waals surface area contributed by atoms with Crippen molar-refractivity contribution in [3.05, 3.63) is 17.0 Å². The van der Waals surface area contributed by atoms with Gasteiger partial charge in [0.1, 0.15) is 11.7 Å². The van der Waals surface area contributed by atoms with Crippen molar-refractivity contribution in [2.45, 2.75) is 26.9 Å². The lowest BCUT2D eigenvalue weighted by Gasteiger charge is -2.28. The molecule has 0 spiro atoms. The highest BCUT2D eigenvalue weighted by Crippen LogP contribution is 2.14. The minimum Gasteiger partial charge on any atom is -0.458 e. The quantitative estimate of drug-likeness (QED) is 0.768. The molecule has 0 bridgehead atoms. The molecule has 0 aliphatic carbocycles. The van der Waals surface area contributed by atoms with E-state index >= 15 is 0 Å². The summed E-state index contributed by atoms with van der Waals surface area (Å²) < 4.78 is 12.6. The van der Waals surface area contributed by atoms with E-state index in [1.54, 1.807) is 4.68 Å². The molecule has 0 aromatic carbocycles. The fourth-order valence-corrected chi connectivity index (χ4v) is 2.50. The van der Waals surface area contributed by atoms with Crippen molar-refractivity contribution >= 4 is 5.97 Å². The minimum atomic E-state index is -0.283. The molecule has 1 aromatic heterocycles. The van der Waals surface area contributed by atoms with Crippen molar-refractivity contribution in [2.75, 3.05) is 32.8 Å². The molecule has 20 heavy (non-hydrogen) atoms. The Hall–Kier alpha value is -1.40. The van der Waals surface area contributed by atoms with Crippen LogP contribution in [-0.2, 0) is 16.5 Å². The van der Waals surface area contributed by atoms with Gasteiger partial charge in [-0.3, -0.25) is 9.58 Å². The van der Waals surface area contributed by atoms with E-state index in [9.17, 15) is 4.79 Å². The number of aromatic nitrogens is 2. The largest absolute Gasteiger partial charge is 0.458 e. The first-order valence-electron chi connectivity index (χ1n) is 7.00. The summed E-state index contributed by atoms with van der Waals surface area (Å²) in [5.74, 6) is -0.283. The highest BCUT2D eigenvalue weighted by molar-refractivity contribution is 5.91. The number of hydrogen-bond acceptors (Lipinski definition) is 5. The molecule has 6 heteroatoms. The van der Waals surface area contributed by atoms with E-state index in [-0.39, 0.29) is 12.1 Å². The highest BCUT2D eigenvalue weighted by atomic mass is 16.5. The van der Waals surface area contributed by atoms with Crippen molar-refractivity contribution in [1.82, 2.24) is 14.7 Å². The number of esters is 1. The molecule has 1 aliphatic rings. The zero-order valence-electron chi connectivity index (χ0n) is 12.7. The smallest absolute Gasteiger partial charge is 0.342 e. The predicted octanol–water partition coefficient (Wildman–Crippen LogP) is 0.914. The number of ether oxygens (including phenoxy) is 2. The lowest BCUT2D eigenvalue weighted by atomic mass is 10.2. The first-order valence-corrected chi connectivity index (χ1v) is 7.00. The maximum Gasteiger partial charge on any atom is 0.342 e. The number of hydrogen-bond donors (Lipinski definition) is 0. The van der Waals surface area contributed by atoms with Gasteiger partial charge >= 0.3 is 5.97 Å². The van der Waals surface area contributed by atoms with Crippen LogP contribution in [0.15, 0.2) is 0 Å². The molecule has 0 unspecified atom stereocenters. The van der Waals surface area contributed by atoms with Crippen LogP contribution < -0.4 is 0 Å². The lowest BCUT2D eigenvalue weighted by Crippen LogP contribution is -2.41. The third kappa shape index (κ3) is 3.37. The molecule has 1 saturated heterocycles. The average Bonchev–Trinajstić information content (AvgIpc) is 2.64. The Morgan fingerprint density at radius 2 is 2.05 bits per heavy atom. The summed E-state index contributed by atoms with van der Waals surface area (Å²) in [4.78, 5) is 14.5. The van der Waals surface area contributed by atoms with Crippen LogP contribution >= 0.6 is 0 Å². The molecular formula is C14H23N3O3. The number of morpholine rings is 1. The molecular weight excluding hydrogens is 258 g/mol. The van der Waals surface area contributed by atoms with E-state index in [4.69, 9.17) is 9.47 Å². The van der Waals surface area contributed by atoms with Gasteiger partial charge in [0.2, 0.25) is 0 Å². The maximum atomic E-state index is 12.2. The number of aryl methyl sites for hydroxylation is 2. The third-order valence-electron chi connectivity index (χ3n) is 3.64. The van der Waals surface area contributed by atoms with Crippen LogP contribution in [0, 0.1) is 13.8 Å². The molecule has 0 amide bonds. The van der Waals surface area contributed by atoms with Gasteiger partial charge in [0.25, 0.3) is 0 Å². The predicted molar refractivity (Wildman–Crippen MR) is 74.8 cm³/mol. The van der Waals surface area contributed by atoms with Gasteiger partial charge in [-0.25, -0.2) is 4.79 Å². The summed E-state index contributed by atoms with van der Waals surface area (Å²) >= 11 is 0. The molecule has 0 radical (unpaired) electrons. The fourth-order valence-electron chi connectivity index (χ4n) is 2.50.